The number of amides is 1. The Balaban J connectivity index is 1.92. The number of halogens is 1. The predicted octanol–water partition coefficient (Wildman–Crippen LogP) is 2.30. The molecule has 1 N–H and O–H groups in total. The Labute approximate surface area is 119 Å². The van der Waals surface area contributed by atoms with Crippen LogP contribution in [0.25, 0.3) is 6.08 Å². The quantitative estimate of drug-likeness (QED) is 0.856. The molecule has 1 heterocycles. The van der Waals surface area contributed by atoms with Gasteiger partial charge in [-0.05, 0) is 56.1 Å². The summed E-state index contributed by atoms with van der Waals surface area (Å²) in [7, 11) is 1.94. The summed E-state index contributed by atoms with van der Waals surface area (Å²) in [5, 5.41) is 3.17. The lowest BCUT2D eigenvalue weighted by molar-refractivity contribution is -0.127. The summed E-state index contributed by atoms with van der Waals surface area (Å²) < 4.78 is 12.8. The van der Waals surface area contributed by atoms with Gasteiger partial charge >= 0.3 is 0 Å². The Morgan fingerprint density at radius 2 is 2.20 bits per heavy atom. The molecule has 0 saturated carbocycles. The lowest BCUT2D eigenvalue weighted by atomic mass is 9.98. The van der Waals surface area contributed by atoms with E-state index in [2.05, 4.69) is 5.32 Å². The molecule has 0 radical (unpaired) electrons. The number of nitrogens with one attached hydrogen (secondary N) is 1. The summed E-state index contributed by atoms with van der Waals surface area (Å²) in [6.07, 6.45) is 5.55. The van der Waals surface area contributed by atoms with Crippen LogP contribution in [-0.4, -0.2) is 37.5 Å². The van der Waals surface area contributed by atoms with Gasteiger partial charge < -0.3 is 10.2 Å². The van der Waals surface area contributed by atoms with E-state index in [1.807, 2.05) is 11.9 Å². The Kier molecular flexibility index (Phi) is 5.30. The van der Waals surface area contributed by atoms with E-state index in [1.165, 1.54) is 18.6 Å². The van der Waals surface area contributed by atoms with E-state index in [0.717, 1.165) is 31.6 Å². The fourth-order valence-electron chi connectivity index (χ4n) is 2.57. The number of carbonyl (C=O) groups excluding carboxylic acids is 1. The van der Waals surface area contributed by atoms with Crippen LogP contribution in [0.4, 0.5) is 4.39 Å². The second-order valence-electron chi connectivity index (χ2n) is 5.24. The number of hydrogen-bond acceptors (Lipinski definition) is 2. The molecule has 1 aromatic carbocycles. The highest BCUT2D eigenvalue weighted by molar-refractivity contribution is 5.91. The van der Waals surface area contributed by atoms with Crippen molar-refractivity contribution in [2.45, 2.75) is 12.8 Å². The predicted molar refractivity (Wildman–Crippen MR) is 78.7 cm³/mol. The summed E-state index contributed by atoms with van der Waals surface area (Å²) >= 11 is 0. The number of nitrogens with zero attached hydrogens (tertiary/aromatic N) is 1. The fraction of sp³-hybridized carbons (Fsp3) is 0.438. The second kappa shape index (κ2) is 7.20. The highest BCUT2D eigenvalue weighted by atomic mass is 19.1. The lowest BCUT2D eigenvalue weighted by Gasteiger charge is -2.32. The molecule has 4 heteroatoms. The molecule has 0 aromatic heterocycles. The smallest absolute Gasteiger partial charge is 0.246 e. The minimum atomic E-state index is -0.264. The van der Waals surface area contributed by atoms with E-state index < -0.39 is 0 Å². The van der Waals surface area contributed by atoms with Crippen LogP contribution >= 0.6 is 0 Å². The van der Waals surface area contributed by atoms with Gasteiger partial charge in [0.25, 0.3) is 0 Å². The van der Waals surface area contributed by atoms with Crippen LogP contribution in [0.1, 0.15) is 18.4 Å². The van der Waals surface area contributed by atoms with Gasteiger partial charge in [0, 0.05) is 19.2 Å². The molecular weight excluding hydrogens is 255 g/mol. The van der Waals surface area contributed by atoms with Gasteiger partial charge in [0.05, 0.1) is 0 Å². The van der Waals surface area contributed by atoms with Crippen LogP contribution in [0, 0.1) is 11.7 Å². The Bertz CT molecular complexity index is 468. The second-order valence-corrected chi connectivity index (χ2v) is 5.24. The standard InChI is InChI=1S/C16H21FN2O/c1-18-11-14-3-2-10-19(12-14)16(20)9-6-13-4-7-15(17)8-5-13/h4-9,14,18H,2-3,10-12H2,1H3. The summed E-state index contributed by atoms with van der Waals surface area (Å²) in [5.41, 5.74) is 0.837. The third-order valence-electron chi connectivity index (χ3n) is 3.61. The van der Waals surface area contributed by atoms with Crippen molar-refractivity contribution in [3.8, 4) is 0 Å². The molecule has 0 bridgehead atoms. The molecular formula is C16H21FN2O. The van der Waals surface area contributed by atoms with Gasteiger partial charge in [-0.1, -0.05) is 12.1 Å². The van der Waals surface area contributed by atoms with Gasteiger partial charge in [-0.15, -0.1) is 0 Å². The molecule has 1 fully saturated rings. The first kappa shape index (κ1) is 14.7. The summed E-state index contributed by atoms with van der Waals surface area (Å²) in [4.78, 5) is 14.0. The van der Waals surface area contributed by atoms with E-state index in [-0.39, 0.29) is 11.7 Å². The number of rotatable bonds is 4. The van der Waals surface area contributed by atoms with Crippen molar-refractivity contribution >= 4 is 12.0 Å². The van der Waals surface area contributed by atoms with Crippen molar-refractivity contribution in [1.82, 2.24) is 10.2 Å². The number of carbonyl (C=O) groups is 1. The Morgan fingerprint density at radius 1 is 1.45 bits per heavy atom. The van der Waals surface area contributed by atoms with Gasteiger partial charge in [0.15, 0.2) is 0 Å². The Morgan fingerprint density at radius 3 is 2.90 bits per heavy atom. The van der Waals surface area contributed by atoms with Crippen LogP contribution < -0.4 is 5.32 Å². The minimum absolute atomic E-state index is 0.0372. The van der Waals surface area contributed by atoms with Crippen molar-refractivity contribution in [3.05, 3.63) is 41.7 Å². The molecule has 1 saturated heterocycles. The highest BCUT2D eigenvalue weighted by Gasteiger charge is 2.21. The number of likely N-dealkylation sites (tertiary alicyclic amines) is 1. The van der Waals surface area contributed by atoms with E-state index in [1.54, 1.807) is 24.3 Å². The van der Waals surface area contributed by atoms with Crippen LogP contribution in [-0.2, 0) is 4.79 Å². The topological polar surface area (TPSA) is 32.3 Å². The first-order valence-electron chi connectivity index (χ1n) is 7.06. The average Bonchev–Trinajstić information content (AvgIpc) is 2.47. The molecule has 1 aliphatic rings. The zero-order chi connectivity index (χ0) is 14.4. The third kappa shape index (κ3) is 4.17. The van der Waals surface area contributed by atoms with Gasteiger partial charge in [-0.2, -0.15) is 0 Å². The maximum Gasteiger partial charge on any atom is 0.246 e. The molecule has 2 rings (SSSR count). The van der Waals surface area contributed by atoms with E-state index in [0.29, 0.717) is 5.92 Å². The molecule has 1 aromatic rings. The van der Waals surface area contributed by atoms with Crippen molar-refractivity contribution in [2.24, 2.45) is 5.92 Å². The molecule has 1 aliphatic heterocycles. The maximum absolute atomic E-state index is 12.8. The van der Waals surface area contributed by atoms with Gasteiger partial charge in [-0.25, -0.2) is 4.39 Å². The van der Waals surface area contributed by atoms with E-state index in [9.17, 15) is 9.18 Å². The van der Waals surface area contributed by atoms with Crippen molar-refractivity contribution in [3.63, 3.8) is 0 Å². The molecule has 0 spiro atoms. The number of benzene rings is 1. The molecule has 0 aliphatic carbocycles. The van der Waals surface area contributed by atoms with E-state index in [4.69, 9.17) is 0 Å². The number of piperidine rings is 1. The van der Waals surface area contributed by atoms with Gasteiger partial charge in [0.1, 0.15) is 5.82 Å². The van der Waals surface area contributed by atoms with E-state index >= 15 is 0 Å². The first-order chi connectivity index (χ1) is 9.69. The molecule has 20 heavy (non-hydrogen) atoms. The summed E-state index contributed by atoms with van der Waals surface area (Å²) in [6.45, 7) is 2.59. The zero-order valence-corrected chi connectivity index (χ0v) is 11.8. The normalized spacial score (nSPS) is 19.5. The largest absolute Gasteiger partial charge is 0.339 e. The zero-order valence-electron chi connectivity index (χ0n) is 11.8. The Hall–Kier alpha value is -1.68. The SMILES string of the molecule is CNCC1CCCN(C(=O)C=Cc2ccc(F)cc2)C1. The van der Waals surface area contributed by atoms with Crippen molar-refractivity contribution in [1.29, 1.82) is 0 Å². The van der Waals surface area contributed by atoms with Crippen LogP contribution in [0.2, 0.25) is 0 Å². The van der Waals surface area contributed by atoms with Crippen molar-refractivity contribution < 1.29 is 9.18 Å². The van der Waals surface area contributed by atoms with Crippen LogP contribution in [0.5, 0.6) is 0 Å². The minimum Gasteiger partial charge on any atom is -0.339 e. The van der Waals surface area contributed by atoms with Gasteiger partial charge in [-0.3, -0.25) is 4.79 Å². The first-order valence-corrected chi connectivity index (χ1v) is 7.06. The molecule has 1 atom stereocenters. The fourth-order valence-corrected chi connectivity index (χ4v) is 2.57. The molecule has 1 unspecified atom stereocenters. The average molecular weight is 276 g/mol. The summed E-state index contributed by atoms with van der Waals surface area (Å²) in [6, 6.07) is 6.13. The molecule has 1 amide bonds. The van der Waals surface area contributed by atoms with Crippen LogP contribution in [0.15, 0.2) is 30.3 Å². The van der Waals surface area contributed by atoms with Crippen molar-refractivity contribution in [2.75, 3.05) is 26.7 Å². The highest BCUT2D eigenvalue weighted by Crippen LogP contribution is 2.16. The molecule has 3 nitrogen and oxygen atoms in total. The monoisotopic (exact) mass is 276 g/mol. The number of hydrogen-bond donors (Lipinski definition) is 1. The maximum atomic E-state index is 12.8. The van der Waals surface area contributed by atoms with Gasteiger partial charge in [0.2, 0.25) is 5.91 Å². The third-order valence-corrected chi connectivity index (χ3v) is 3.61. The van der Waals surface area contributed by atoms with Crippen LogP contribution in [0.3, 0.4) is 0 Å². The summed E-state index contributed by atoms with van der Waals surface area (Å²) in [5.74, 6) is 0.312. The lowest BCUT2D eigenvalue weighted by Crippen LogP contribution is -2.41. The molecule has 108 valence electrons.